The van der Waals surface area contributed by atoms with Crippen molar-refractivity contribution < 1.29 is 14.6 Å². The summed E-state index contributed by atoms with van der Waals surface area (Å²) >= 11 is 0. The Morgan fingerprint density at radius 3 is 2.86 bits per heavy atom. The minimum absolute atomic E-state index is 0.00722. The lowest BCUT2D eigenvalue weighted by molar-refractivity contribution is -0.110. The molecule has 0 bridgehead atoms. The number of benzene rings is 1. The minimum Gasteiger partial charge on any atom is -0.504 e. The van der Waals surface area contributed by atoms with Gasteiger partial charge in [-0.15, -0.1) is 0 Å². The second kappa shape index (κ2) is 4.21. The molecule has 0 saturated carbocycles. The van der Waals surface area contributed by atoms with E-state index in [1.54, 1.807) is 19.3 Å². The summed E-state index contributed by atoms with van der Waals surface area (Å²) < 4.78 is 5.48. The molecule has 1 aromatic rings. The van der Waals surface area contributed by atoms with E-state index < -0.39 is 0 Å². The van der Waals surface area contributed by atoms with Crippen molar-refractivity contribution in [1.82, 2.24) is 5.32 Å². The Balaban J connectivity index is 2.02. The third-order valence-corrected chi connectivity index (χ3v) is 4.82. The van der Waals surface area contributed by atoms with E-state index in [0.717, 1.165) is 24.9 Å². The quantitative estimate of drug-likeness (QED) is 0.827. The fourth-order valence-corrected chi connectivity index (χ4v) is 3.97. The van der Waals surface area contributed by atoms with Crippen LogP contribution in [-0.2, 0) is 16.6 Å². The number of carbonyl (C=O) groups excluding carboxylic acids is 1. The zero-order valence-electron chi connectivity index (χ0n) is 11.8. The highest BCUT2D eigenvalue weighted by Gasteiger charge is 2.46. The maximum atomic E-state index is 11.5. The Bertz CT molecular complexity index is 686. The van der Waals surface area contributed by atoms with Crippen LogP contribution >= 0.6 is 0 Å². The van der Waals surface area contributed by atoms with E-state index in [9.17, 15) is 9.90 Å². The van der Waals surface area contributed by atoms with Crippen LogP contribution in [0.2, 0.25) is 0 Å². The highest BCUT2D eigenvalue weighted by Crippen LogP contribution is 2.56. The number of nitrogens with one attached hydrogen (secondary N) is 1. The lowest BCUT2D eigenvalue weighted by Crippen LogP contribution is -2.28. The van der Waals surface area contributed by atoms with Gasteiger partial charge in [0.15, 0.2) is 17.3 Å². The molecule has 1 aromatic carbocycles. The number of hydrogen-bond acceptors (Lipinski definition) is 4. The normalized spacial score (nSPS) is 24.4. The molecule has 0 unspecified atom stereocenters. The third-order valence-electron chi connectivity index (χ3n) is 4.82. The van der Waals surface area contributed by atoms with Gasteiger partial charge in [-0.1, -0.05) is 12.2 Å². The molecule has 2 N–H and O–H groups in total. The summed E-state index contributed by atoms with van der Waals surface area (Å²) in [5.41, 5.74) is 3.07. The van der Waals surface area contributed by atoms with Crippen molar-refractivity contribution in [3.63, 3.8) is 0 Å². The molecule has 0 radical (unpaired) electrons. The van der Waals surface area contributed by atoms with Crippen LogP contribution < -0.4 is 10.1 Å². The van der Waals surface area contributed by atoms with Crippen molar-refractivity contribution in [1.29, 1.82) is 0 Å². The lowest BCUT2D eigenvalue weighted by atomic mass is 9.77. The number of carbonyl (C=O) groups is 1. The van der Waals surface area contributed by atoms with E-state index >= 15 is 0 Å². The monoisotopic (exact) mass is 283 g/mol. The number of phenols is 1. The number of fused-ring (bicyclic) bond motifs is 1. The Labute approximate surface area is 123 Å². The smallest absolute Gasteiger partial charge is 0.178 e. The summed E-state index contributed by atoms with van der Waals surface area (Å²) in [4.78, 5) is 11.5. The van der Waals surface area contributed by atoms with E-state index in [1.165, 1.54) is 11.1 Å². The lowest BCUT2D eigenvalue weighted by Gasteiger charge is -2.27. The first kappa shape index (κ1) is 12.7. The van der Waals surface area contributed by atoms with Gasteiger partial charge in [-0.25, -0.2) is 0 Å². The third kappa shape index (κ3) is 1.62. The van der Waals surface area contributed by atoms with Crippen molar-refractivity contribution in [2.24, 2.45) is 0 Å². The van der Waals surface area contributed by atoms with Gasteiger partial charge >= 0.3 is 0 Å². The summed E-state index contributed by atoms with van der Waals surface area (Å²) in [6.07, 6.45) is 8.90. The Morgan fingerprint density at radius 1 is 1.38 bits per heavy atom. The zero-order valence-corrected chi connectivity index (χ0v) is 11.8. The highest BCUT2D eigenvalue weighted by molar-refractivity contribution is 6.01. The van der Waals surface area contributed by atoms with Crippen molar-refractivity contribution >= 4 is 5.78 Å². The van der Waals surface area contributed by atoms with E-state index in [-0.39, 0.29) is 23.0 Å². The van der Waals surface area contributed by atoms with Crippen LogP contribution in [0.4, 0.5) is 0 Å². The largest absolute Gasteiger partial charge is 0.504 e. The van der Waals surface area contributed by atoms with E-state index in [1.807, 2.05) is 18.2 Å². The second-order valence-electron chi connectivity index (χ2n) is 5.95. The van der Waals surface area contributed by atoms with Gasteiger partial charge in [0.05, 0.1) is 7.11 Å². The number of allylic oxidation sites excluding steroid dienone is 4. The van der Waals surface area contributed by atoms with E-state index in [0.29, 0.717) is 5.75 Å². The number of aromatic hydroxyl groups is 1. The molecule has 0 aromatic heterocycles. The fourth-order valence-electron chi connectivity index (χ4n) is 3.97. The number of ether oxygens (including phenoxy) is 1. The van der Waals surface area contributed by atoms with E-state index in [2.05, 4.69) is 5.32 Å². The molecule has 0 amide bonds. The Hall–Kier alpha value is -2.07. The van der Waals surface area contributed by atoms with Gasteiger partial charge in [0.2, 0.25) is 0 Å². The maximum Gasteiger partial charge on any atom is 0.178 e. The molecule has 21 heavy (non-hydrogen) atoms. The molecule has 2 aliphatic carbocycles. The predicted molar refractivity (Wildman–Crippen MR) is 78.7 cm³/mol. The van der Waals surface area contributed by atoms with Gasteiger partial charge in [-0.2, -0.15) is 0 Å². The Kier molecular flexibility index (Phi) is 2.54. The molecule has 1 aliphatic heterocycles. The molecule has 1 heterocycles. The van der Waals surface area contributed by atoms with E-state index in [4.69, 9.17) is 4.74 Å². The first-order valence-electron chi connectivity index (χ1n) is 7.24. The van der Waals surface area contributed by atoms with Crippen LogP contribution in [0.3, 0.4) is 0 Å². The molecule has 1 atom stereocenters. The number of hydrogen-bond donors (Lipinski definition) is 2. The number of phenolic OH excluding ortho intramolecular Hbond substituents is 1. The van der Waals surface area contributed by atoms with Crippen molar-refractivity contribution in [3.8, 4) is 11.5 Å². The van der Waals surface area contributed by atoms with Crippen LogP contribution in [-0.4, -0.2) is 24.5 Å². The fraction of sp³-hybridized carbons (Fsp3) is 0.353. The molecule has 1 spiro atoms. The summed E-state index contributed by atoms with van der Waals surface area (Å²) in [6.45, 7) is 0.908. The SMILES string of the molecule is COc1c(O)cc2c3c1C1(C=CC(=O)C=C1)C[C@H]3NCC2. The van der Waals surface area contributed by atoms with Crippen LogP contribution in [0.1, 0.15) is 29.2 Å². The molecule has 0 saturated heterocycles. The predicted octanol–water partition coefficient (Wildman–Crippen LogP) is 1.92. The molecule has 0 fully saturated rings. The first-order chi connectivity index (χ1) is 10.1. The zero-order chi connectivity index (χ0) is 14.6. The molecule has 4 heteroatoms. The molecule has 108 valence electrons. The standard InChI is InChI=1S/C17H17NO3/c1-21-16-13(20)8-10-4-7-18-12-9-17(15(16)14(10)12)5-2-11(19)3-6-17/h2-3,5-6,8,12,18,20H,4,7,9H2,1H3/t12-/m1/s1. The molecular weight excluding hydrogens is 266 g/mol. The average Bonchev–Trinajstić information content (AvgIpc) is 2.79. The topological polar surface area (TPSA) is 58.6 Å². The molecule has 4 nitrogen and oxygen atoms in total. The van der Waals surface area contributed by atoms with Crippen LogP contribution in [0.25, 0.3) is 0 Å². The van der Waals surface area contributed by atoms with Gasteiger partial charge in [-0.05, 0) is 48.7 Å². The van der Waals surface area contributed by atoms with Gasteiger partial charge in [-0.3, -0.25) is 4.79 Å². The highest BCUT2D eigenvalue weighted by atomic mass is 16.5. The number of rotatable bonds is 1. The van der Waals surface area contributed by atoms with Gasteiger partial charge in [0.25, 0.3) is 0 Å². The maximum absolute atomic E-state index is 11.5. The first-order valence-corrected chi connectivity index (χ1v) is 7.24. The summed E-state index contributed by atoms with van der Waals surface area (Å²) in [5.74, 6) is 0.725. The summed E-state index contributed by atoms with van der Waals surface area (Å²) in [5, 5.41) is 13.8. The summed E-state index contributed by atoms with van der Waals surface area (Å²) in [7, 11) is 1.58. The molecule has 4 rings (SSSR count). The molecule has 3 aliphatic rings. The molecular formula is C17H17NO3. The average molecular weight is 283 g/mol. The van der Waals surface area contributed by atoms with Crippen molar-refractivity contribution in [2.75, 3.05) is 13.7 Å². The van der Waals surface area contributed by atoms with Gasteiger partial charge < -0.3 is 15.2 Å². The second-order valence-corrected chi connectivity index (χ2v) is 5.95. The minimum atomic E-state index is -0.357. The van der Waals surface area contributed by atoms with Gasteiger partial charge in [0, 0.05) is 17.0 Å². The summed E-state index contributed by atoms with van der Waals surface area (Å²) in [6, 6.07) is 2.08. The Morgan fingerprint density at radius 2 is 2.14 bits per heavy atom. The van der Waals surface area contributed by atoms with Crippen LogP contribution in [0, 0.1) is 0 Å². The number of methoxy groups -OCH3 is 1. The van der Waals surface area contributed by atoms with Crippen LogP contribution in [0.15, 0.2) is 30.4 Å². The van der Waals surface area contributed by atoms with Crippen molar-refractivity contribution in [2.45, 2.75) is 24.3 Å². The van der Waals surface area contributed by atoms with Crippen molar-refractivity contribution in [3.05, 3.63) is 47.1 Å². The van der Waals surface area contributed by atoms with Gasteiger partial charge in [0.1, 0.15) is 0 Å². The van der Waals surface area contributed by atoms with Crippen LogP contribution in [0.5, 0.6) is 11.5 Å². The number of ketones is 1.